The van der Waals surface area contributed by atoms with Gasteiger partial charge in [0.25, 0.3) is 5.91 Å². The monoisotopic (exact) mass is 495 g/mol. The van der Waals surface area contributed by atoms with Gasteiger partial charge in [0.2, 0.25) is 0 Å². The van der Waals surface area contributed by atoms with Crippen molar-refractivity contribution in [3.05, 3.63) is 51.3 Å². The quantitative estimate of drug-likeness (QED) is 0.330. The average Bonchev–Trinajstić information content (AvgIpc) is 3.02. The molecule has 0 aliphatic carbocycles. The van der Waals surface area contributed by atoms with Crippen molar-refractivity contribution >= 4 is 56.2 Å². The molecule has 1 fully saturated rings. The van der Waals surface area contributed by atoms with Crippen molar-refractivity contribution < 1.29 is 23.7 Å². The number of methoxy groups -OCH3 is 2. The first kappa shape index (κ1) is 21.5. The predicted molar refractivity (Wildman–Crippen MR) is 121 cm³/mol. The van der Waals surface area contributed by atoms with Crippen molar-refractivity contribution in [2.24, 2.45) is 0 Å². The van der Waals surface area contributed by atoms with Crippen molar-refractivity contribution in [3.63, 3.8) is 0 Å². The molecule has 0 radical (unpaired) electrons. The van der Waals surface area contributed by atoms with Gasteiger partial charge in [-0.2, -0.15) is 0 Å². The minimum absolute atomic E-state index is 0.204. The fourth-order valence-electron chi connectivity index (χ4n) is 2.53. The lowest BCUT2D eigenvalue weighted by Gasteiger charge is -2.14. The van der Waals surface area contributed by atoms with E-state index in [1.807, 2.05) is 30.3 Å². The van der Waals surface area contributed by atoms with Crippen LogP contribution in [-0.4, -0.2) is 37.7 Å². The van der Waals surface area contributed by atoms with E-state index in [4.69, 9.17) is 31.2 Å². The van der Waals surface area contributed by atoms with E-state index in [0.717, 1.165) is 11.3 Å². The average molecular weight is 496 g/mol. The van der Waals surface area contributed by atoms with Gasteiger partial charge in [-0.15, -0.1) is 0 Å². The number of thioether (sulfide) groups is 1. The lowest BCUT2D eigenvalue weighted by atomic mass is 10.2. The molecular weight excluding hydrogens is 478 g/mol. The molecule has 2 aromatic rings. The number of hydrogen-bond acceptors (Lipinski definition) is 7. The van der Waals surface area contributed by atoms with Gasteiger partial charge in [-0.1, -0.05) is 30.0 Å². The maximum atomic E-state index is 11.8. The second-order valence-corrected chi connectivity index (χ2v) is 8.34. The molecule has 152 valence electrons. The molecule has 1 N–H and O–H groups in total. The van der Waals surface area contributed by atoms with Crippen LogP contribution >= 0.6 is 39.9 Å². The molecular formula is C20H18BrNO5S2. The van der Waals surface area contributed by atoms with E-state index in [2.05, 4.69) is 21.2 Å². The van der Waals surface area contributed by atoms with E-state index < -0.39 is 0 Å². The number of benzene rings is 2. The summed E-state index contributed by atoms with van der Waals surface area (Å²) in [5, 5.41) is 2.59. The van der Waals surface area contributed by atoms with Gasteiger partial charge in [0, 0.05) is 6.07 Å². The molecule has 29 heavy (non-hydrogen) atoms. The van der Waals surface area contributed by atoms with Gasteiger partial charge < -0.3 is 24.3 Å². The zero-order chi connectivity index (χ0) is 20.8. The Kier molecular flexibility index (Phi) is 7.40. The zero-order valence-corrected chi connectivity index (χ0v) is 18.9. The number of halogens is 1. The molecule has 1 aliphatic heterocycles. The first-order chi connectivity index (χ1) is 14.0. The Hall–Kier alpha value is -2.23. The summed E-state index contributed by atoms with van der Waals surface area (Å²) in [5.74, 6) is 2.32. The number of nitrogens with one attached hydrogen (secondary N) is 1. The van der Waals surface area contributed by atoms with Crippen LogP contribution in [0, 0.1) is 0 Å². The van der Waals surface area contributed by atoms with Gasteiger partial charge in [0.1, 0.15) is 29.0 Å². The van der Waals surface area contributed by atoms with E-state index in [9.17, 15) is 4.79 Å². The van der Waals surface area contributed by atoms with Crippen molar-refractivity contribution in [3.8, 4) is 23.0 Å². The second-order valence-electron chi connectivity index (χ2n) is 5.76. The molecule has 0 bridgehead atoms. The largest absolute Gasteiger partial charge is 0.497 e. The van der Waals surface area contributed by atoms with E-state index in [1.54, 1.807) is 26.4 Å². The van der Waals surface area contributed by atoms with Crippen LogP contribution in [-0.2, 0) is 4.79 Å². The van der Waals surface area contributed by atoms with Crippen molar-refractivity contribution in [1.82, 2.24) is 5.32 Å². The highest BCUT2D eigenvalue weighted by molar-refractivity contribution is 9.10. The molecule has 2 aromatic carbocycles. The Bertz CT molecular complexity index is 964. The summed E-state index contributed by atoms with van der Waals surface area (Å²) in [6, 6.07) is 11.0. The van der Waals surface area contributed by atoms with Gasteiger partial charge >= 0.3 is 0 Å². The lowest BCUT2D eigenvalue weighted by molar-refractivity contribution is -0.115. The first-order valence-electron chi connectivity index (χ1n) is 8.52. The van der Waals surface area contributed by atoms with Crippen LogP contribution in [0.2, 0.25) is 0 Å². The van der Waals surface area contributed by atoms with Crippen molar-refractivity contribution in [2.45, 2.75) is 0 Å². The fourth-order valence-corrected chi connectivity index (χ4v) is 4.15. The SMILES string of the molecule is COc1cccc(OCCOc2c(Br)cc(C=C3SC(=S)NC3=O)cc2OC)c1. The zero-order valence-electron chi connectivity index (χ0n) is 15.7. The first-order valence-corrected chi connectivity index (χ1v) is 10.5. The number of ether oxygens (including phenoxy) is 4. The Balaban J connectivity index is 1.65. The van der Waals surface area contributed by atoms with Crippen molar-refractivity contribution in [1.29, 1.82) is 0 Å². The molecule has 0 atom stereocenters. The molecule has 3 rings (SSSR count). The van der Waals surface area contributed by atoms with Gasteiger partial charge in [-0.05, 0) is 51.8 Å². The van der Waals surface area contributed by atoms with E-state index in [1.165, 1.54) is 11.8 Å². The molecule has 6 nitrogen and oxygen atoms in total. The molecule has 0 aromatic heterocycles. The van der Waals surface area contributed by atoms with Crippen LogP contribution in [0.15, 0.2) is 45.8 Å². The molecule has 0 saturated carbocycles. The van der Waals surface area contributed by atoms with Gasteiger partial charge in [-0.25, -0.2) is 0 Å². The molecule has 9 heteroatoms. The maximum Gasteiger partial charge on any atom is 0.263 e. The predicted octanol–water partition coefficient (Wildman–Crippen LogP) is 4.41. The number of carbonyl (C=O) groups excluding carboxylic acids is 1. The van der Waals surface area contributed by atoms with Crippen LogP contribution < -0.4 is 24.3 Å². The van der Waals surface area contributed by atoms with Crippen LogP contribution in [0.3, 0.4) is 0 Å². The fraction of sp³-hybridized carbons (Fsp3) is 0.200. The molecule has 0 spiro atoms. The second kappa shape index (κ2) is 10.00. The van der Waals surface area contributed by atoms with Crippen LogP contribution in [0.25, 0.3) is 6.08 Å². The number of carbonyl (C=O) groups is 1. The summed E-state index contributed by atoms with van der Waals surface area (Å²) in [4.78, 5) is 12.4. The summed E-state index contributed by atoms with van der Waals surface area (Å²) >= 11 is 9.75. The van der Waals surface area contributed by atoms with Crippen molar-refractivity contribution in [2.75, 3.05) is 27.4 Å². The number of thiocarbonyl (C=S) groups is 1. The molecule has 1 heterocycles. The normalized spacial score (nSPS) is 14.7. The van der Waals surface area contributed by atoms with Crippen LogP contribution in [0.4, 0.5) is 0 Å². The number of amides is 1. The van der Waals surface area contributed by atoms with E-state index in [-0.39, 0.29) is 5.91 Å². The Morgan fingerprint density at radius 2 is 1.86 bits per heavy atom. The highest BCUT2D eigenvalue weighted by Crippen LogP contribution is 2.38. The summed E-state index contributed by atoms with van der Waals surface area (Å²) in [6.07, 6.45) is 1.75. The summed E-state index contributed by atoms with van der Waals surface area (Å²) in [5.41, 5.74) is 0.788. The van der Waals surface area contributed by atoms with Gasteiger partial charge in [-0.3, -0.25) is 4.79 Å². The minimum atomic E-state index is -0.204. The third-order valence-corrected chi connectivity index (χ3v) is 5.58. The van der Waals surface area contributed by atoms with Gasteiger partial charge in [0.15, 0.2) is 11.5 Å². The van der Waals surface area contributed by atoms with E-state index in [0.29, 0.717) is 44.2 Å². The molecule has 1 amide bonds. The Labute approximate surface area is 186 Å². The van der Waals surface area contributed by atoms with E-state index >= 15 is 0 Å². The molecule has 0 unspecified atom stereocenters. The minimum Gasteiger partial charge on any atom is -0.497 e. The molecule has 1 aliphatic rings. The summed E-state index contributed by atoms with van der Waals surface area (Å²) in [6.45, 7) is 0.669. The standard InChI is InChI=1S/C20H18BrNO5S2/c1-24-13-4-3-5-14(11-13)26-6-7-27-18-15(21)8-12(9-16(18)25-2)10-17-19(23)22-20(28)29-17/h3-5,8-11H,6-7H2,1-2H3,(H,22,23,28). The maximum absolute atomic E-state index is 11.8. The summed E-state index contributed by atoms with van der Waals surface area (Å²) < 4.78 is 23.3. The lowest BCUT2D eigenvalue weighted by Crippen LogP contribution is -2.17. The topological polar surface area (TPSA) is 66.0 Å². The summed E-state index contributed by atoms with van der Waals surface area (Å²) in [7, 11) is 3.17. The highest BCUT2D eigenvalue weighted by atomic mass is 79.9. The van der Waals surface area contributed by atoms with Crippen LogP contribution in [0.5, 0.6) is 23.0 Å². The van der Waals surface area contributed by atoms with Gasteiger partial charge in [0.05, 0.1) is 23.6 Å². The smallest absolute Gasteiger partial charge is 0.263 e. The number of hydrogen-bond donors (Lipinski definition) is 1. The third-order valence-electron chi connectivity index (χ3n) is 3.83. The Morgan fingerprint density at radius 1 is 1.10 bits per heavy atom. The Morgan fingerprint density at radius 3 is 2.55 bits per heavy atom. The third kappa shape index (κ3) is 5.65. The molecule has 1 saturated heterocycles. The number of rotatable bonds is 8. The van der Waals surface area contributed by atoms with Crippen LogP contribution in [0.1, 0.15) is 5.56 Å². The highest BCUT2D eigenvalue weighted by Gasteiger charge is 2.22.